The zero-order valence-corrected chi connectivity index (χ0v) is 17.0. The van der Waals surface area contributed by atoms with E-state index in [0.29, 0.717) is 24.2 Å². The Morgan fingerprint density at radius 3 is 2.59 bits per heavy atom. The van der Waals surface area contributed by atoms with Gasteiger partial charge in [0, 0.05) is 18.7 Å². The van der Waals surface area contributed by atoms with E-state index in [4.69, 9.17) is 0 Å². The van der Waals surface area contributed by atoms with Gasteiger partial charge in [-0.05, 0) is 43.0 Å². The van der Waals surface area contributed by atoms with Gasteiger partial charge >= 0.3 is 0 Å². The SMILES string of the molecule is CC(C)[C@H]1Nc2ccccc2C(=O)N1CCCCCC(=O)Nc1ccccc1O. The van der Waals surface area contributed by atoms with Crippen LogP contribution in [0.3, 0.4) is 0 Å². The number of para-hydroxylation sites is 3. The fraction of sp³-hybridized carbons (Fsp3) is 0.391. The summed E-state index contributed by atoms with van der Waals surface area (Å²) in [6.07, 6.45) is 2.78. The number of carbonyl (C=O) groups is 2. The molecule has 0 spiro atoms. The van der Waals surface area contributed by atoms with Crippen molar-refractivity contribution in [3.63, 3.8) is 0 Å². The minimum atomic E-state index is -0.115. The maximum Gasteiger partial charge on any atom is 0.257 e. The molecule has 0 saturated heterocycles. The van der Waals surface area contributed by atoms with E-state index in [1.807, 2.05) is 29.2 Å². The van der Waals surface area contributed by atoms with E-state index in [-0.39, 0.29) is 29.6 Å². The molecule has 0 aliphatic carbocycles. The zero-order valence-electron chi connectivity index (χ0n) is 17.0. The summed E-state index contributed by atoms with van der Waals surface area (Å²) in [4.78, 5) is 26.9. The van der Waals surface area contributed by atoms with Crippen molar-refractivity contribution < 1.29 is 14.7 Å². The van der Waals surface area contributed by atoms with Gasteiger partial charge in [-0.3, -0.25) is 9.59 Å². The maximum absolute atomic E-state index is 12.9. The molecule has 6 nitrogen and oxygen atoms in total. The highest BCUT2D eigenvalue weighted by Gasteiger charge is 2.32. The quantitative estimate of drug-likeness (QED) is 0.456. The van der Waals surface area contributed by atoms with Crippen molar-refractivity contribution in [2.45, 2.75) is 45.7 Å². The number of carbonyl (C=O) groups excluding carboxylic acids is 2. The molecule has 1 aliphatic rings. The Balaban J connectivity index is 1.47. The number of hydrogen-bond acceptors (Lipinski definition) is 4. The first-order valence-corrected chi connectivity index (χ1v) is 10.2. The lowest BCUT2D eigenvalue weighted by molar-refractivity contribution is -0.116. The number of fused-ring (bicyclic) bond motifs is 1. The third-order valence-electron chi connectivity index (χ3n) is 5.17. The second-order valence-electron chi connectivity index (χ2n) is 7.75. The molecule has 0 bridgehead atoms. The highest BCUT2D eigenvalue weighted by molar-refractivity contribution is 6.01. The molecule has 1 aliphatic heterocycles. The van der Waals surface area contributed by atoms with Crippen molar-refractivity contribution in [2.24, 2.45) is 5.92 Å². The van der Waals surface area contributed by atoms with Crippen LogP contribution in [0, 0.1) is 5.92 Å². The number of amides is 2. The van der Waals surface area contributed by atoms with Crippen LogP contribution >= 0.6 is 0 Å². The number of unbranched alkanes of at least 4 members (excludes halogenated alkanes) is 2. The Morgan fingerprint density at radius 2 is 1.83 bits per heavy atom. The number of hydrogen-bond donors (Lipinski definition) is 3. The fourth-order valence-electron chi connectivity index (χ4n) is 3.62. The first-order valence-electron chi connectivity index (χ1n) is 10.2. The first-order chi connectivity index (χ1) is 14.0. The molecule has 154 valence electrons. The molecule has 0 aromatic heterocycles. The summed E-state index contributed by atoms with van der Waals surface area (Å²) < 4.78 is 0. The smallest absolute Gasteiger partial charge is 0.257 e. The number of aromatic hydroxyl groups is 1. The number of phenols is 1. The molecule has 0 unspecified atom stereocenters. The fourth-order valence-corrected chi connectivity index (χ4v) is 3.62. The number of rotatable bonds is 8. The van der Waals surface area contributed by atoms with Crippen LogP contribution in [-0.4, -0.2) is 34.5 Å². The second kappa shape index (κ2) is 9.45. The molecule has 2 aromatic carbocycles. The number of anilines is 2. The van der Waals surface area contributed by atoms with Crippen LogP contribution in [0.4, 0.5) is 11.4 Å². The van der Waals surface area contributed by atoms with E-state index in [1.54, 1.807) is 24.3 Å². The molecule has 3 N–H and O–H groups in total. The van der Waals surface area contributed by atoms with Crippen molar-refractivity contribution in [1.29, 1.82) is 0 Å². The monoisotopic (exact) mass is 395 g/mol. The van der Waals surface area contributed by atoms with Gasteiger partial charge < -0.3 is 20.6 Å². The molecular formula is C23H29N3O3. The summed E-state index contributed by atoms with van der Waals surface area (Å²) in [6.45, 7) is 4.87. The topological polar surface area (TPSA) is 81.7 Å². The van der Waals surface area contributed by atoms with Gasteiger partial charge in [-0.1, -0.05) is 44.5 Å². The molecule has 2 amide bonds. The molecule has 0 saturated carbocycles. The average Bonchev–Trinajstić information content (AvgIpc) is 2.70. The standard InChI is InChI=1S/C23H29N3O3/c1-16(2)22-25-18-11-6-5-10-17(18)23(29)26(22)15-9-3-4-14-21(28)24-19-12-7-8-13-20(19)27/h5-8,10-13,16,22,25,27H,3-4,9,14-15H2,1-2H3,(H,24,28)/t22-/m0/s1. The third kappa shape index (κ3) is 5.08. The van der Waals surface area contributed by atoms with Gasteiger partial charge in [-0.2, -0.15) is 0 Å². The van der Waals surface area contributed by atoms with Gasteiger partial charge in [0.05, 0.1) is 11.3 Å². The summed E-state index contributed by atoms with van der Waals surface area (Å²) in [5.74, 6) is 0.306. The van der Waals surface area contributed by atoms with Gasteiger partial charge in [-0.15, -0.1) is 0 Å². The molecule has 0 radical (unpaired) electrons. The van der Waals surface area contributed by atoms with E-state index in [1.165, 1.54) is 0 Å². The Bertz CT molecular complexity index is 866. The molecule has 29 heavy (non-hydrogen) atoms. The summed E-state index contributed by atoms with van der Waals surface area (Å²) in [5.41, 5.74) is 2.04. The Kier molecular flexibility index (Phi) is 6.75. The molecule has 2 aromatic rings. The van der Waals surface area contributed by atoms with Crippen LogP contribution in [0.25, 0.3) is 0 Å². The van der Waals surface area contributed by atoms with Crippen LogP contribution in [-0.2, 0) is 4.79 Å². The molecule has 6 heteroatoms. The van der Waals surface area contributed by atoms with Crippen LogP contribution in [0.5, 0.6) is 5.75 Å². The van der Waals surface area contributed by atoms with Crippen molar-refractivity contribution in [2.75, 3.05) is 17.2 Å². The van der Waals surface area contributed by atoms with E-state index in [2.05, 4.69) is 24.5 Å². The van der Waals surface area contributed by atoms with E-state index in [9.17, 15) is 14.7 Å². The van der Waals surface area contributed by atoms with E-state index < -0.39 is 0 Å². The van der Waals surface area contributed by atoms with Crippen LogP contribution in [0.15, 0.2) is 48.5 Å². The summed E-state index contributed by atoms with van der Waals surface area (Å²) in [6, 6.07) is 14.3. The number of nitrogens with one attached hydrogen (secondary N) is 2. The minimum absolute atomic E-state index is 0.0262. The van der Waals surface area contributed by atoms with E-state index in [0.717, 1.165) is 24.9 Å². The Morgan fingerprint density at radius 1 is 1.10 bits per heavy atom. The van der Waals surface area contributed by atoms with Gasteiger partial charge in [0.1, 0.15) is 11.9 Å². The molecule has 1 heterocycles. The van der Waals surface area contributed by atoms with Crippen molar-refractivity contribution in [3.8, 4) is 5.75 Å². The Labute approximate surface area is 171 Å². The largest absolute Gasteiger partial charge is 0.506 e. The molecule has 3 rings (SSSR count). The summed E-state index contributed by atoms with van der Waals surface area (Å²) in [7, 11) is 0. The number of benzene rings is 2. The normalized spacial score (nSPS) is 15.8. The third-order valence-corrected chi connectivity index (χ3v) is 5.17. The van der Waals surface area contributed by atoms with Crippen molar-refractivity contribution in [1.82, 2.24) is 4.90 Å². The number of phenolic OH excluding ortho intramolecular Hbond substituents is 1. The zero-order chi connectivity index (χ0) is 20.8. The number of nitrogens with zero attached hydrogens (tertiary/aromatic N) is 1. The van der Waals surface area contributed by atoms with Crippen molar-refractivity contribution in [3.05, 3.63) is 54.1 Å². The van der Waals surface area contributed by atoms with E-state index >= 15 is 0 Å². The Hall–Kier alpha value is -3.02. The summed E-state index contributed by atoms with van der Waals surface area (Å²) >= 11 is 0. The first kappa shape index (κ1) is 20.7. The predicted molar refractivity (Wildman–Crippen MR) is 115 cm³/mol. The maximum atomic E-state index is 12.9. The van der Waals surface area contributed by atoms with Gasteiger partial charge in [-0.25, -0.2) is 0 Å². The van der Waals surface area contributed by atoms with Crippen molar-refractivity contribution >= 4 is 23.2 Å². The minimum Gasteiger partial charge on any atom is -0.506 e. The van der Waals surface area contributed by atoms with Crippen LogP contribution in [0.1, 0.15) is 49.9 Å². The van der Waals surface area contributed by atoms with Gasteiger partial charge in [0.2, 0.25) is 5.91 Å². The lowest BCUT2D eigenvalue weighted by Crippen LogP contribution is -2.51. The highest BCUT2D eigenvalue weighted by atomic mass is 16.3. The molecule has 0 fully saturated rings. The van der Waals surface area contributed by atoms with Crippen LogP contribution < -0.4 is 10.6 Å². The van der Waals surface area contributed by atoms with Gasteiger partial charge in [0.15, 0.2) is 0 Å². The predicted octanol–water partition coefficient (Wildman–Crippen LogP) is 4.44. The molecular weight excluding hydrogens is 366 g/mol. The summed E-state index contributed by atoms with van der Waals surface area (Å²) in [5, 5.41) is 15.9. The molecule has 1 atom stereocenters. The highest BCUT2D eigenvalue weighted by Crippen LogP contribution is 2.28. The van der Waals surface area contributed by atoms with Gasteiger partial charge in [0.25, 0.3) is 5.91 Å². The lowest BCUT2D eigenvalue weighted by atomic mass is 10.0. The second-order valence-corrected chi connectivity index (χ2v) is 7.75. The average molecular weight is 396 g/mol. The van der Waals surface area contributed by atoms with Crippen LogP contribution in [0.2, 0.25) is 0 Å². The lowest BCUT2D eigenvalue weighted by Gasteiger charge is -2.40.